The normalized spacial score (nSPS) is 11.8. The number of halogens is 2. The van der Waals surface area contributed by atoms with Crippen molar-refractivity contribution in [2.75, 3.05) is 12.3 Å². The van der Waals surface area contributed by atoms with Gasteiger partial charge >= 0.3 is 0 Å². The summed E-state index contributed by atoms with van der Waals surface area (Å²) in [5, 5.41) is 3.61. The summed E-state index contributed by atoms with van der Waals surface area (Å²) in [6.07, 6.45) is -0.0397. The van der Waals surface area contributed by atoms with Gasteiger partial charge in [0.1, 0.15) is 11.6 Å². The molecule has 0 aliphatic rings. The van der Waals surface area contributed by atoms with E-state index in [-0.39, 0.29) is 11.7 Å². The highest BCUT2D eigenvalue weighted by Crippen LogP contribution is 2.17. The molecule has 25 heavy (non-hydrogen) atoms. The lowest BCUT2D eigenvalue weighted by atomic mass is 10.2. The molecule has 3 nitrogen and oxygen atoms in total. The molecular formula is C19H21ClFNO2S. The van der Waals surface area contributed by atoms with Gasteiger partial charge in [-0.1, -0.05) is 30.7 Å². The van der Waals surface area contributed by atoms with Gasteiger partial charge in [0.05, 0.1) is 0 Å². The molecule has 2 aromatic carbocycles. The number of rotatable bonds is 9. The molecule has 0 aliphatic heterocycles. The number of nitrogens with one attached hydrogen (secondary N) is 1. The highest BCUT2D eigenvalue weighted by molar-refractivity contribution is 7.98. The molecule has 1 atom stereocenters. The van der Waals surface area contributed by atoms with Crippen molar-refractivity contribution in [3.05, 3.63) is 64.9 Å². The minimum atomic E-state index is -0.580. The Bertz CT molecular complexity index is 681. The van der Waals surface area contributed by atoms with Crippen molar-refractivity contribution in [1.82, 2.24) is 5.32 Å². The average molecular weight is 382 g/mol. The third-order valence-electron chi connectivity index (χ3n) is 3.46. The van der Waals surface area contributed by atoms with E-state index in [4.69, 9.17) is 16.3 Å². The summed E-state index contributed by atoms with van der Waals surface area (Å²) in [5.41, 5.74) is 1.16. The van der Waals surface area contributed by atoms with Gasteiger partial charge in [-0.15, -0.1) is 0 Å². The highest BCUT2D eigenvalue weighted by Gasteiger charge is 2.17. The monoisotopic (exact) mass is 381 g/mol. The number of ether oxygens (including phenoxy) is 1. The Morgan fingerprint density at radius 1 is 1.28 bits per heavy atom. The summed E-state index contributed by atoms with van der Waals surface area (Å²) < 4.78 is 18.5. The average Bonchev–Trinajstić information content (AvgIpc) is 2.61. The lowest BCUT2D eigenvalue weighted by Gasteiger charge is -2.17. The zero-order chi connectivity index (χ0) is 18.1. The van der Waals surface area contributed by atoms with Crippen molar-refractivity contribution in [3.63, 3.8) is 0 Å². The predicted octanol–water partition coefficient (Wildman–Crippen LogP) is 4.69. The van der Waals surface area contributed by atoms with E-state index in [0.29, 0.717) is 18.7 Å². The van der Waals surface area contributed by atoms with Gasteiger partial charge < -0.3 is 10.1 Å². The van der Waals surface area contributed by atoms with Crippen molar-refractivity contribution in [2.24, 2.45) is 0 Å². The van der Waals surface area contributed by atoms with E-state index in [2.05, 4.69) is 5.32 Å². The third-order valence-corrected chi connectivity index (χ3v) is 4.72. The van der Waals surface area contributed by atoms with Crippen molar-refractivity contribution in [3.8, 4) is 5.75 Å². The van der Waals surface area contributed by atoms with Crippen molar-refractivity contribution >= 4 is 29.3 Å². The molecule has 2 aromatic rings. The Kier molecular flexibility index (Phi) is 8.09. The molecule has 1 amide bonds. The largest absolute Gasteiger partial charge is 0.481 e. The van der Waals surface area contributed by atoms with E-state index in [1.807, 2.05) is 31.2 Å². The van der Waals surface area contributed by atoms with Crippen molar-refractivity contribution in [2.45, 2.75) is 25.2 Å². The molecule has 0 unspecified atom stereocenters. The van der Waals surface area contributed by atoms with Crippen LogP contribution in [0.3, 0.4) is 0 Å². The van der Waals surface area contributed by atoms with E-state index < -0.39 is 6.10 Å². The summed E-state index contributed by atoms with van der Waals surface area (Å²) in [7, 11) is 0. The maximum atomic E-state index is 12.9. The van der Waals surface area contributed by atoms with Crippen LogP contribution in [0.4, 0.5) is 4.39 Å². The second kappa shape index (κ2) is 10.3. The van der Waals surface area contributed by atoms with Crippen LogP contribution >= 0.6 is 23.4 Å². The van der Waals surface area contributed by atoms with Gasteiger partial charge in [0, 0.05) is 23.1 Å². The molecule has 6 heteroatoms. The quantitative estimate of drug-likeness (QED) is 0.640. The molecule has 0 saturated carbocycles. The topological polar surface area (TPSA) is 38.3 Å². The fourth-order valence-electron chi connectivity index (χ4n) is 2.18. The number of hydrogen-bond acceptors (Lipinski definition) is 3. The van der Waals surface area contributed by atoms with E-state index in [1.54, 1.807) is 11.8 Å². The zero-order valence-electron chi connectivity index (χ0n) is 14.0. The second-order valence-corrected chi connectivity index (χ2v) is 6.98. The summed E-state index contributed by atoms with van der Waals surface area (Å²) >= 11 is 7.68. The van der Waals surface area contributed by atoms with Crippen LogP contribution in [0.1, 0.15) is 18.9 Å². The second-order valence-electron chi connectivity index (χ2n) is 5.44. The first-order valence-corrected chi connectivity index (χ1v) is 9.64. The number of amides is 1. The van der Waals surface area contributed by atoms with Crippen LogP contribution in [0.25, 0.3) is 0 Å². The Morgan fingerprint density at radius 3 is 2.72 bits per heavy atom. The van der Waals surface area contributed by atoms with Crippen LogP contribution < -0.4 is 10.1 Å². The molecule has 0 spiro atoms. The van der Waals surface area contributed by atoms with Gasteiger partial charge in [-0.25, -0.2) is 4.39 Å². The molecule has 0 aliphatic carbocycles. The molecule has 0 radical (unpaired) electrons. The summed E-state index contributed by atoms with van der Waals surface area (Å²) in [4.78, 5) is 12.2. The van der Waals surface area contributed by atoms with Gasteiger partial charge in [-0.05, 0) is 48.4 Å². The van der Waals surface area contributed by atoms with Crippen LogP contribution in [0.2, 0.25) is 5.02 Å². The molecular weight excluding hydrogens is 361 g/mol. The zero-order valence-corrected chi connectivity index (χ0v) is 15.6. The van der Waals surface area contributed by atoms with Crippen LogP contribution in [0.15, 0.2) is 48.5 Å². The van der Waals surface area contributed by atoms with E-state index in [0.717, 1.165) is 22.1 Å². The first kappa shape index (κ1) is 19.6. The maximum absolute atomic E-state index is 12.9. The first-order valence-electron chi connectivity index (χ1n) is 8.10. The van der Waals surface area contributed by atoms with Crippen LogP contribution in [0, 0.1) is 5.82 Å². The predicted molar refractivity (Wildman–Crippen MR) is 102 cm³/mol. The Labute approximate surface area is 156 Å². The molecule has 1 N–H and O–H groups in total. The molecule has 0 bridgehead atoms. The lowest BCUT2D eigenvalue weighted by molar-refractivity contribution is -0.127. The molecule has 0 saturated heterocycles. The van der Waals surface area contributed by atoms with Crippen LogP contribution in [-0.2, 0) is 10.5 Å². The fraction of sp³-hybridized carbons (Fsp3) is 0.316. The standard InChI is InChI=1S/C19H21ClFNO2S/c1-2-18(24-17-8-6-16(21)7-9-17)19(23)22-10-11-25-13-14-4-3-5-15(20)12-14/h3-9,12,18H,2,10-11,13H2,1H3,(H,22,23)/t18-/m1/s1. The lowest BCUT2D eigenvalue weighted by Crippen LogP contribution is -2.39. The molecule has 0 aromatic heterocycles. The van der Waals surface area contributed by atoms with Crippen molar-refractivity contribution in [1.29, 1.82) is 0 Å². The minimum absolute atomic E-state index is 0.157. The van der Waals surface area contributed by atoms with E-state index in [9.17, 15) is 9.18 Å². The van der Waals surface area contributed by atoms with Gasteiger partial charge in [-0.3, -0.25) is 4.79 Å². The fourth-order valence-corrected chi connectivity index (χ4v) is 3.20. The molecule has 0 fully saturated rings. The molecule has 0 heterocycles. The van der Waals surface area contributed by atoms with E-state index in [1.165, 1.54) is 24.3 Å². The van der Waals surface area contributed by atoms with E-state index >= 15 is 0 Å². The Hall–Kier alpha value is -1.72. The van der Waals surface area contributed by atoms with Crippen molar-refractivity contribution < 1.29 is 13.9 Å². The Morgan fingerprint density at radius 2 is 2.04 bits per heavy atom. The molecule has 2 rings (SSSR count). The summed E-state index contributed by atoms with van der Waals surface area (Å²) in [6, 6.07) is 13.4. The maximum Gasteiger partial charge on any atom is 0.261 e. The number of carbonyl (C=O) groups excluding carboxylic acids is 1. The molecule has 134 valence electrons. The first-order chi connectivity index (χ1) is 12.1. The Balaban J connectivity index is 1.69. The van der Waals surface area contributed by atoms with Crippen LogP contribution in [-0.4, -0.2) is 24.3 Å². The number of benzene rings is 2. The number of thioether (sulfide) groups is 1. The smallest absolute Gasteiger partial charge is 0.261 e. The van der Waals surface area contributed by atoms with Gasteiger partial charge in [-0.2, -0.15) is 11.8 Å². The number of carbonyl (C=O) groups is 1. The van der Waals surface area contributed by atoms with Crippen LogP contribution in [0.5, 0.6) is 5.75 Å². The summed E-state index contributed by atoms with van der Waals surface area (Å²) in [6.45, 7) is 2.44. The third kappa shape index (κ3) is 6.96. The minimum Gasteiger partial charge on any atom is -0.481 e. The van der Waals surface area contributed by atoms with Gasteiger partial charge in [0.2, 0.25) is 0 Å². The highest BCUT2D eigenvalue weighted by atomic mass is 35.5. The van der Waals surface area contributed by atoms with Gasteiger partial charge in [0.25, 0.3) is 5.91 Å². The number of hydrogen-bond donors (Lipinski definition) is 1. The van der Waals surface area contributed by atoms with Gasteiger partial charge in [0.15, 0.2) is 6.10 Å². The SMILES string of the molecule is CC[C@@H](Oc1ccc(F)cc1)C(=O)NCCSCc1cccc(Cl)c1. The summed E-state index contributed by atoms with van der Waals surface area (Å²) in [5.74, 6) is 1.64.